The lowest BCUT2D eigenvalue weighted by atomic mass is 9.96. The van der Waals surface area contributed by atoms with Crippen LogP contribution in [0.4, 0.5) is 0 Å². The molecule has 5 nitrogen and oxygen atoms in total. The molecule has 1 aliphatic heterocycles. The highest BCUT2D eigenvalue weighted by Crippen LogP contribution is 2.35. The molecule has 0 unspecified atom stereocenters. The van der Waals surface area contributed by atoms with E-state index in [4.69, 9.17) is 9.47 Å². The second-order valence-corrected chi connectivity index (χ2v) is 6.59. The van der Waals surface area contributed by atoms with Gasteiger partial charge in [0.05, 0.1) is 24.5 Å². The third kappa shape index (κ3) is 4.20. The minimum Gasteiger partial charge on any atom is -0.493 e. The molecule has 24 heavy (non-hydrogen) atoms. The maximum atomic E-state index is 12.0. The van der Waals surface area contributed by atoms with Crippen LogP contribution in [0.5, 0.6) is 11.5 Å². The Labute approximate surface area is 145 Å². The molecule has 0 radical (unpaired) electrons. The molecule has 3 rings (SSSR count). The van der Waals surface area contributed by atoms with E-state index >= 15 is 0 Å². The van der Waals surface area contributed by atoms with Gasteiger partial charge in [-0.2, -0.15) is 0 Å². The normalized spacial score (nSPS) is 16.0. The van der Waals surface area contributed by atoms with Crippen molar-refractivity contribution in [2.24, 2.45) is 5.92 Å². The van der Waals surface area contributed by atoms with E-state index in [1.165, 1.54) is 11.8 Å². The lowest BCUT2D eigenvalue weighted by Gasteiger charge is -2.26. The summed E-state index contributed by atoms with van der Waals surface area (Å²) in [5, 5.41) is 3.84. The van der Waals surface area contributed by atoms with E-state index in [2.05, 4.69) is 10.3 Å². The van der Waals surface area contributed by atoms with Gasteiger partial charge in [-0.3, -0.25) is 4.79 Å². The minimum atomic E-state index is 0.0158. The van der Waals surface area contributed by atoms with E-state index in [9.17, 15) is 4.79 Å². The third-order valence-electron chi connectivity index (χ3n) is 3.83. The zero-order valence-corrected chi connectivity index (χ0v) is 14.3. The smallest absolute Gasteiger partial charge is 0.230 e. The van der Waals surface area contributed by atoms with Crippen LogP contribution in [0.3, 0.4) is 0 Å². The largest absolute Gasteiger partial charge is 0.493 e. The Morgan fingerprint density at radius 1 is 1.38 bits per heavy atom. The fourth-order valence-electron chi connectivity index (χ4n) is 2.63. The number of thioether (sulfide) groups is 1. The highest BCUT2D eigenvalue weighted by Gasteiger charge is 2.22. The molecule has 2 heterocycles. The van der Waals surface area contributed by atoms with Gasteiger partial charge in [0.1, 0.15) is 0 Å². The molecule has 2 aromatic rings. The number of nitrogens with one attached hydrogen (secondary N) is 1. The molecule has 1 amide bonds. The average Bonchev–Trinajstić information content (AvgIpc) is 2.64. The van der Waals surface area contributed by atoms with Gasteiger partial charge in [0.25, 0.3) is 0 Å². The third-order valence-corrected chi connectivity index (χ3v) is 4.77. The zero-order valence-electron chi connectivity index (χ0n) is 13.5. The first kappa shape index (κ1) is 16.6. The number of hydrogen-bond acceptors (Lipinski definition) is 5. The van der Waals surface area contributed by atoms with Crippen molar-refractivity contribution in [1.29, 1.82) is 0 Å². The number of carbonyl (C=O) groups is 1. The first-order valence-corrected chi connectivity index (χ1v) is 8.84. The quantitative estimate of drug-likeness (QED) is 0.816. The highest BCUT2D eigenvalue weighted by atomic mass is 32.2. The maximum absolute atomic E-state index is 12.0. The first-order chi connectivity index (χ1) is 11.8. The standard InChI is InChI=1S/C18H20N2O3S/c1-22-15-6-4-5-14-9-13(11-23-18(14)15)10-20-16(21)12-24-17-7-2-3-8-19-17/h2-8,13H,9-12H2,1H3,(H,20,21)/t13-/m0/s1. The van der Waals surface area contributed by atoms with Crippen LogP contribution in [0.2, 0.25) is 0 Å². The molecule has 0 saturated carbocycles. The fourth-order valence-corrected chi connectivity index (χ4v) is 3.32. The molecule has 1 aromatic carbocycles. The van der Waals surface area contributed by atoms with Gasteiger partial charge < -0.3 is 14.8 Å². The van der Waals surface area contributed by atoms with Gasteiger partial charge in [0.2, 0.25) is 5.91 Å². The molecule has 6 heteroatoms. The van der Waals surface area contributed by atoms with Crippen molar-refractivity contribution in [3.8, 4) is 11.5 Å². The van der Waals surface area contributed by atoms with E-state index in [0.29, 0.717) is 18.9 Å². The summed E-state index contributed by atoms with van der Waals surface area (Å²) in [6.45, 7) is 1.19. The highest BCUT2D eigenvalue weighted by molar-refractivity contribution is 7.99. The molecule has 0 bridgehead atoms. The van der Waals surface area contributed by atoms with Gasteiger partial charge in [0, 0.05) is 18.7 Å². The molecule has 0 fully saturated rings. The number of ether oxygens (including phenoxy) is 2. The van der Waals surface area contributed by atoms with Gasteiger partial charge >= 0.3 is 0 Å². The number of carbonyl (C=O) groups excluding carboxylic acids is 1. The van der Waals surface area contributed by atoms with E-state index in [0.717, 1.165) is 28.5 Å². The number of nitrogens with zero attached hydrogens (tertiary/aromatic N) is 1. The molecule has 1 N–H and O–H groups in total. The van der Waals surface area contributed by atoms with Gasteiger partial charge in [-0.1, -0.05) is 30.0 Å². The Kier molecular flexibility index (Phi) is 5.59. The molecule has 1 atom stereocenters. The second-order valence-electron chi connectivity index (χ2n) is 5.59. The van der Waals surface area contributed by atoms with Crippen LogP contribution in [0, 0.1) is 5.92 Å². The van der Waals surface area contributed by atoms with E-state index in [1.807, 2.05) is 36.4 Å². The Hall–Kier alpha value is -2.21. The van der Waals surface area contributed by atoms with Gasteiger partial charge in [0.15, 0.2) is 11.5 Å². The van der Waals surface area contributed by atoms with Crippen molar-refractivity contribution in [2.45, 2.75) is 11.4 Å². The Morgan fingerprint density at radius 3 is 3.08 bits per heavy atom. The van der Waals surface area contributed by atoms with E-state index < -0.39 is 0 Å². The second kappa shape index (κ2) is 8.06. The van der Waals surface area contributed by atoms with Crippen LogP contribution in [-0.2, 0) is 11.2 Å². The average molecular weight is 344 g/mol. The number of rotatable bonds is 6. The summed E-state index contributed by atoms with van der Waals surface area (Å²) in [6.07, 6.45) is 2.60. The summed E-state index contributed by atoms with van der Waals surface area (Å²) in [7, 11) is 1.64. The SMILES string of the molecule is COc1cccc2c1OC[C@H](CNC(=O)CSc1ccccn1)C2. The summed E-state index contributed by atoms with van der Waals surface area (Å²) in [5.41, 5.74) is 1.13. The van der Waals surface area contributed by atoms with Crippen LogP contribution in [0.1, 0.15) is 5.56 Å². The molecular formula is C18H20N2O3S. The number of methoxy groups -OCH3 is 1. The Bertz CT molecular complexity index is 694. The molecule has 126 valence electrons. The fraction of sp³-hybridized carbons (Fsp3) is 0.333. The summed E-state index contributed by atoms with van der Waals surface area (Å²) in [6, 6.07) is 11.6. The van der Waals surface area contributed by atoms with Crippen LogP contribution in [-0.4, -0.2) is 36.9 Å². The van der Waals surface area contributed by atoms with Crippen LogP contribution < -0.4 is 14.8 Å². The summed E-state index contributed by atoms with van der Waals surface area (Å²) in [4.78, 5) is 16.2. The van der Waals surface area contributed by atoms with E-state index in [-0.39, 0.29) is 11.8 Å². The van der Waals surface area contributed by atoms with Crippen molar-refractivity contribution in [3.05, 3.63) is 48.2 Å². The summed E-state index contributed by atoms with van der Waals surface area (Å²) >= 11 is 1.44. The monoisotopic (exact) mass is 344 g/mol. The lowest BCUT2D eigenvalue weighted by molar-refractivity contribution is -0.118. The van der Waals surface area contributed by atoms with Crippen molar-refractivity contribution in [3.63, 3.8) is 0 Å². The summed E-state index contributed by atoms with van der Waals surface area (Å²) in [5.74, 6) is 2.25. The van der Waals surface area contributed by atoms with Gasteiger partial charge in [-0.25, -0.2) is 4.98 Å². The van der Waals surface area contributed by atoms with E-state index in [1.54, 1.807) is 13.3 Å². The number of pyridine rings is 1. The molecular weight excluding hydrogens is 324 g/mol. The van der Waals surface area contributed by atoms with Crippen LogP contribution in [0.15, 0.2) is 47.6 Å². The zero-order chi connectivity index (χ0) is 16.8. The predicted octanol–water partition coefficient (Wildman–Crippen LogP) is 2.55. The Balaban J connectivity index is 1.46. The predicted molar refractivity (Wildman–Crippen MR) is 93.7 cm³/mol. The lowest BCUT2D eigenvalue weighted by Crippen LogP contribution is -2.35. The Morgan fingerprint density at radius 2 is 2.29 bits per heavy atom. The number of para-hydroxylation sites is 1. The molecule has 1 aromatic heterocycles. The molecule has 0 aliphatic carbocycles. The number of fused-ring (bicyclic) bond motifs is 1. The molecule has 0 saturated heterocycles. The van der Waals surface area contributed by atoms with Gasteiger partial charge in [-0.05, 0) is 30.2 Å². The van der Waals surface area contributed by atoms with Crippen LogP contribution >= 0.6 is 11.8 Å². The number of benzene rings is 1. The number of amides is 1. The van der Waals surface area contributed by atoms with Crippen molar-refractivity contribution in [1.82, 2.24) is 10.3 Å². The number of aromatic nitrogens is 1. The topological polar surface area (TPSA) is 60.5 Å². The maximum Gasteiger partial charge on any atom is 0.230 e. The van der Waals surface area contributed by atoms with Gasteiger partial charge in [-0.15, -0.1) is 0 Å². The molecule has 0 spiro atoms. The minimum absolute atomic E-state index is 0.0158. The van der Waals surface area contributed by atoms with Crippen molar-refractivity contribution in [2.75, 3.05) is 26.0 Å². The molecule has 1 aliphatic rings. The first-order valence-electron chi connectivity index (χ1n) is 7.85. The summed E-state index contributed by atoms with van der Waals surface area (Å²) < 4.78 is 11.1. The van der Waals surface area contributed by atoms with Crippen LogP contribution in [0.25, 0.3) is 0 Å². The van der Waals surface area contributed by atoms with Crippen molar-refractivity contribution < 1.29 is 14.3 Å². The van der Waals surface area contributed by atoms with Crippen molar-refractivity contribution >= 4 is 17.7 Å². The number of hydrogen-bond donors (Lipinski definition) is 1.